The van der Waals surface area contributed by atoms with Gasteiger partial charge in [0.2, 0.25) is 11.8 Å². The van der Waals surface area contributed by atoms with Crippen molar-refractivity contribution in [2.75, 3.05) is 6.54 Å². The molecule has 8 heteroatoms. The van der Waals surface area contributed by atoms with Crippen molar-refractivity contribution in [3.63, 3.8) is 0 Å². The van der Waals surface area contributed by atoms with E-state index in [0.29, 0.717) is 25.8 Å². The van der Waals surface area contributed by atoms with Gasteiger partial charge in [0.25, 0.3) is 5.91 Å². The number of ketones is 1. The predicted molar refractivity (Wildman–Crippen MR) is 70.1 cm³/mol. The van der Waals surface area contributed by atoms with Crippen molar-refractivity contribution in [1.82, 2.24) is 10.6 Å². The van der Waals surface area contributed by atoms with Crippen molar-refractivity contribution in [2.24, 2.45) is 11.5 Å². The molecule has 0 saturated carbocycles. The normalized spacial score (nSPS) is 19.4. The van der Waals surface area contributed by atoms with Crippen LogP contribution in [-0.2, 0) is 19.2 Å². The molecule has 1 rings (SSSR count). The van der Waals surface area contributed by atoms with Gasteiger partial charge in [-0.15, -0.1) is 0 Å². The zero-order chi connectivity index (χ0) is 15.1. The van der Waals surface area contributed by atoms with E-state index in [-0.39, 0.29) is 0 Å². The molecular formula is C12H18N4O4. The molecule has 1 aliphatic heterocycles. The van der Waals surface area contributed by atoms with Crippen molar-refractivity contribution in [2.45, 2.75) is 31.3 Å². The number of nitrogens with two attached hydrogens (primary N) is 2. The lowest BCUT2D eigenvalue weighted by Gasteiger charge is -2.21. The van der Waals surface area contributed by atoms with Crippen LogP contribution in [0.15, 0.2) is 12.2 Å². The molecular weight excluding hydrogens is 264 g/mol. The molecule has 0 aromatic heterocycles. The Morgan fingerprint density at radius 2 is 2.00 bits per heavy atom. The minimum Gasteiger partial charge on any atom is -0.368 e. The zero-order valence-corrected chi connectivity index (χ0v) is 10.9. The van der Waals surface area contributed by atoms with E-state index in [2.05, 4.69) is 10.6 Å². The lowest BCUT2D eigenvalue weighted by atomic mass is 10.1. The highest BCUT2D eigenvalue weighted by atomic mass is 16.2. The molecule has 0 unspecified atom stereocenters. The summed E-state index contributed by atoms with van der Waals surface area (Å²) in [6, 6.07) is -2.20. The third kappa shape index (κ3) is 4.47. The Morgan fingerprint density at radius 3 is 2.60 bits per heavy atom. The minimum absolute atomic E-state index is 0.336. The Labute approximate surface area is 115 Å². The molecule has 3 amide bonds. The van der Waals surface area contributed by atoms with Gasteiger partial charge in [0.05, 0.1) is 0 Å². The second-order valence-electron chi connectivity index (χ2n) is 4.43. The number of amides is 3. The van der Waals surface area contributed by atoms with Crippen LogP contribution in [0.25, 0.3) is 0 Å². The highest BCUT2D eigenvalue weighted by Gasteiger charge is 2.31. The molecule has 110 valence electrons. The average molecular weight is 282 g/mol. The number of primary amides is 1. The molecule has 0 aromatic rings. The summed E-state index contributed by atoms with van der Waals surface area (Å²) in [6.07, 6.45) is 3.72. The van der Waals surface area contributed by atoms with Gasteiger partial charge >= 0.3 is 0 Å². The summed E-state index contributed by atoms with van der Waals surface area (Å²) in [5.74, 6) is -2.53. The average Bonchev–Trinajstić information content (AvgIpc) is 2.40. The fraction of sp³-hybridized carbons (Fsp3) is 0.500. The molecule has 8 nitrogen and oxygen atoms in total. The van der Waals surface area contributed by atoms with Gasteiger partial charge in [0.15, 0.2) is 11.8 Å². The Morgan fingerprint density at radius 1 is 1.30 bits per heavy atom. The fourth-order valence-corrected chi connectivity index (χ4v) is 1.74. The molecule has 1 aliphatic rings. The highest BCUT2D eigenvalue weighted by molar-refractivity contribution is 6.17. The summed E-state index contributed by atoms with van der Waals surface area (Å²) >= 11 is 0. The summed E-state index contributed by atoms with van der Waals surface area (Å²) in [5, 5.41) is 4.59. The SMILES string of the molecule is NCCCC[C@H](NC(=O)[C@H]1NC(=O)C=CC1=O)C(N)=O. The maximum atomic E-state index is 11.9. The number of unbranched alkanes of at least 4 members (excludes halogenated alkanes) is 1. The highest BCUT2D eigenvalue weighted by Crippen LogP contribution is 2.02. The van der Waals surface area contributed by atoms with E-state index in [0.717, 1.165) is 12.2 Å². The van der Waals surface area contributed by atoms with E-state index in [1.165, 1.54) is 0 Å². The molecule has 0 aromatic carbocycles. The van der Waals surface area contributed by atoms with Crippen molar-refractivity contribution >= 4 is 23.5 Å². The van der Waals surface area contributed by atoms with Gasteiger partial charge in [-0.3, -0.25) is 19.2 Å². The lowest BCUT2D eigenvalue weighted by Crippen LogP contribution is -2.56. The fourth-order valence-electron chi connectivity index (χ4n) is 1.74. The van der Waals surface area contributed by atoms with Crippen LogP contribution < -0.4 is 22.1 Å². The van der Waals surface area contributed by atoms with E-state index in [9.17, 15) is 19.2 Å². The van der Waals surface area contributed by atoms with Crippen LogP contribution in [0.5, 0.6) is 0 Å². The molecule has 1 heterocycles. The van der Waals surface area contributed by atoms with Crippen molar-refractivity contribution in [1.29, 1.82) is 0 Å². The maximum Gasteiger partial charge on any atom is 0.251 e. The first-order valence-electron chi connectivity index (χ1n) is 6.28. The van der Waals surface area contributed by atoms with E-state index < -0.39 is 35.6 Å². The second kappa shape index (κ2) is 7.39. The van der Waals surface area contributed by atoms with Gasteiger partial charge in [0, 0.05) is 6.08 Å². The largest absolute Gasteiger partial charge is 0.368 e. The quantitative estimate of drug-likeness (QED) is 0.307. The number of hydrogen-bond acceptors (Lipinski definition) is 5. The van der Waals surface area contributed by atoms with Crippen LogP contribution in [0.3, 0.4) is 0 Å². The van der Waals surface area contributed by atoms with E-state index in [4.69, 9.17) is 11.5 Å². The van der Waals surface area contributed by atoms with E-state index >= 15 is 0 Å². The van der Waals surface area contributed by atoms with Crippen molar-refractivity contribution in [3.05, 3.63) is 12.2 Å². The van der Waals surface area contributed by atoms with Crippen LogP contribution in [0.2, 0.25) is 0 Å². The Balaban J connectivity index is 2.61. The zero-order valence-electron chi connectivity index (χ0n) is 10.9. The molecule has 0 radical (unpaired) electrons. The van der Waals surface area contributed by atoms with Crippen LogP contribution in [-0.4, -0.2) is 42.1 Å². The first kappa shape index (κ1) is 15.8. The van der Waals surface area contributed by atoms with Crippen LogP contribution in [0.1, 0.15) is 19.3 Å². The number of nitrogens with one attached hydrogen (secondary N) is 2. The summed E-state index contributed by atoms with van der Waals surface area (Å²) < 4.78 is 0. The maximum absolute atomic E-state index is 11.9. The van der Waals surface area contributed by atoms with Gasteiger partial charge < -0.3 is 22.1 Å². The topological polar surface area (TPSA) is 144 Å². The Kier molecular flexibility index (Phi) is 5.85. The van der Waals surface area contributed by atoms with Crippen LogP contribution in [0, 0.1) is 0 Å². The van der Waals surface area contributed by atoms with Gasteiger partial charge in [-0.25, -0.2) is 0 Å². The molecule has 20 heavy (non-hydrogen) atoms. The standard InChI is InChI=1S/C12H18N4O4/c13-6-2-1-3-7(11(14)19)15-12(20)10-8(17)4-5-9(18)16-10/h4-5,7,10H,1-3,6,13H2,(H2,14,19)(H,15,20)(H,16,18)/t7-,10-/m0/s1. The summed E-state index contributed by atoms with van der Waals surface area (Å²) in [7, 11) is 0. The number of carbonyl (C=O) groups excluding carboxylic acids is 4. The third-order valence-electron chi connectivity index (χ3n) is 2.84. The van der Waals surface area contributed by atoms with Crippen LogP contribution >= 0.6 is 0 Å². The molecule has 6 N–H and O–H groups in total. The van der Waals surface area contributed by atoms with Gasteiger partial charge in [-0.05, 0) is 31.9 Å². The van der Waals surface area contributed by atoms with Gasteiger partial charge in [-0.2, -0.15) is 0 Å². The Bertz CT molecular complexity index is 447. The lowest BCUT2D eigenvalue weighted by molar-refractivity contribution is -0.135. The first-order chi connectivity index (χ1) is 9.45. The van der Waals surface area contributed by atoms with E-state index in [1.807, 2.05) is 0 Å². The van der Waals surface area contributed by atoms with Crippen molar-refractivity contribution in [3.8, 4) is 0 Å². The molecule has 0 aliphatic carbocycles. The van der Waals surface area contributed by atoms with Crippen molar-refractivity contribution < 1.29 is 19.2 Å². The van der Waals surface area contributed by atoms with Crippen LogP contribution in [0.4, 0.5) is 0 Å². The molecule has 2 atom stereocenters. The smallest absolute Gasteiger partial charge is 0.251 e. The first-order valence-corrected chi connectivity index (χ1v) is 6.28. The number of carbonyl (C=O) groups is 4. The molecule has 0 saturated heterocycles. The number of hydrogen-bond donors (Lipinski definition) is 4. The minimum atomic E-state index is -1.32. The van der Waals surface area contributed by atoms with Gasteiger partial charge in [-0.1, -0.05) is 0 Å². The number of rotatable bonds is 7. The molecule has 0 fully saturated rings. The summed E-state index contributed by atoms with van der Waals surface area (Å²) in [6.45, 7) is 0.474. The summed E-state index contributed by atoms with van der Waals surface area (Å²) in [5.41, 5.74) is 10.5. The van der Waals surface area contributed by atoms with E-state index in [1.54, 1.807) is 0 Å². The molecule has 0 spiro atoms. The molecule has 0 bridgehead atoms. The second-order valence-corrected chi connectivity index (χ2v) is 4.43. The predicted octanol–water partition coefficient (Wildman–Crippen LogP) is -2.29. The monoisotopic (exact) mass is 282 g/mol. The Hall–Kier alpha value is -2.22. The van der Waals surface area contributed by atoms with Gasteiger partial charge in [0.1, 0.15) is 6.04 Å². The third-order valence-corrected chi connectivity index (χ3v) is 2.84. The summed E-state index contributed by atoms with van der Waals surface area (Å²) in [4.78, 5) is 45.8.